The van der Waals surface area contributed by atoms with Crippen molar-refractivity contribution in [2.75, 3.05) is 11.9 Å². The van der Waals surface area contributed by atoms with Crippen molar-refractivity contribution in [3.63, 3.8) is 0 Å². The summed E-state index contributed by atoms with van der Waals surface area (Å²) in [4.78, 5) is 33.7. The fraction of sp³-hybridized carbons (Fsp3) is 0.560. The SMILES string of the molecule is CCCCCCCCCC=CCCCNc1ccc(C(=O)OC(CC(=O)O)C(=O)O)cc1. The van der Waals surface area contributed by atoms with E-state index in [0.29, 0.717) is 0 Å². The van der Waals surface area contributed by atoms with Crippen LogP contribution in [0.25, 0.3) is 0 Å². The van der Waals surface area contributed by atoms with Crippen LogP contribution in [0.3, 0.4) is 0 Å². The molecule has 7 nitrogen and oxygen atoms in total. The number of hydrogen-bond donors (Lipinski definition) is 3. The molecule has 178 valence electrons. The summed E-state index contributed by atoms with van der Waals surface area (Å²) in [5, 5.41) is 20.9. The standard InChI is InChI=1S/C25H37NO6/c1-2-3-4-5-6-7-8-9-10-11-12-13-18-26-21-16-14-20(15-17-21)25(31)32-22(24(29)30)19-23(27)28/h10-11,14-17,22,26H,2-9,12-13,18-19H2,1H3,(H,27,28)(H,29,30). The maximum absolute atomic E-state index is 12.0. The first-order valence-electron chi connectivity index (χ1n) is 11.6. The van der Waals surface area contributed by atoms with E-state index in [2.05, 4.69) is 24.4 Å². The molecule has 32 heavy (non-hydrogen) atoms. The molecular formula is C25H37NO6. The van der Waals surface area contributed by atoms with E-state index in [4.69, 9.17) is 14.9 Å². The van der Waals surface area contributed by atoms with Crippen molar-refractivity contribution < 1.29 is 29.3 Å². The highest BCUT2D eigenvalue weighted by atomic mass is 16.6. The number of unbranched alkanes of at least 4 members (excludes halogenated alkanes) is 8. The maximum Gasteiger partial charge on any atom is 0.345 e. The van der Waals surface area contributed by atoms with Gasteiger partial charge in [0.2, 0.25) is 6.10 Å². The number of rotatable bonds is 18. The molecule has 1 rings (SSSR count). The summed E-state index contributed by atoms with van der Waals surface area (Å²) in [6.07, 6.45) is 14.4. The van der Waals surface area contributed by atoms with E-state index >= 15 is 0 Å². The number of hydrogen-bond acceptors (Lipinski definition) is 5. The van der Waals surface area contributed by atoms with Crippen LogP contribution in [0.4, 0.5) is 5.69 Å². The third-order valence-corrected chi connectivity index (χ3v) is 5.02. The van der Waals surface area contributed by atoms with E-state index in [0.717, 1.165) is 31.5 Å². The van der Waals surface area contributed by atoms with Crippen LogP contribution in [0.1, 0.15) is 87.9 Å². The van der Waals surface area contributed by atoms with Gasteiger partial charge in [-0.3, -0.25) is 4.79 Å². The number of carbonyl (C=O) groups excluding carboxylic acids is 1. The van der Waals surface area contributed by atoms with Gasteiger partial charge in [0.1, 0.15) is 0 Å². The monoisotopic (exact) mass is 447 g/mol. The largest absolute Gasteiger partial charge is 0.481 e. The van der Waals surface area contributed by atoms with Crippen molar-refractivity contribution in [1.29, 1.82) is 0 Å². The Morgan fingerprint density at radius 3 is 2.09 bits per heavy atom. The second-order valence-electron chi connectivity index (χ2n) is 7.86. The Labute approximate surface area is 190 Å². The molecule has 1 unspecified atom stereocenters. The second kappa shape index (κ2) is 16.8. The number of carbonyl (C=O) groups is 3. The Hall–Kier alpha value is -2.83. The van der Waals surface area contributed by atoms with E-state index in [1.165, 1.54) is 57.1 Å². The van der Waals surface area contributed by atoms with Crippen LogP contribution in [-0.4, -0.2) is 40.8 Å². The lowest BCUT2D eigenvalue weighted by atomic mass is 10.1. The molecule has 0 saturated carbocycles. The summed E-state index contributed by atoms with van der Waals surface area (Å²) in [5.74, 6) is -3.70. The van der Waals surface area contributed by atoms with Crippen LogP contribution in [-0.2, 0) is 14.3 Å². The molecule has 0 aliphatic carbocycles. The van der Waals surface area contributed by atoms with Crippen LogP contribution >= 0.6 is 0 Å². The summed E-state index contributed by atoms with van der Waals surface area (Å²) in [7, 11) is 0. The zero-order chi connectivity index (χ0) is 23.6. The van der Waals surface area contributed by atoms with Gasteiger partial charge in [-0.2, -0.15) is 0 Å². The highest BCUT2D eigenvalue weighted by Gasteiger charge is 2.25. The topological polar surface area (TPSA) is 113 Å². The maximum atomic E-state index is 12.0. The van der Waals surface area contributed by atoms with Crippen molar-refractivity contribution in [2.24, 2.45) is 0 Å². The van der Waals surface area contributed by atoms with Crippen molar-refractivity contribution in [2.45, 2.75) is 83.7 Å². The number of esters is 1. The van der Waals surface area contributed by atoms with Gasteiger partial charge in [0.25, 0.3) is 0 Å². The number of ether oxygens (including phenoxy) is 1. The van der Waals surface area contributed by atoms with Crippen molar-refractivity contribution in [1.82, 2.24) is 0 Å². The minimum atomic E-state index is -1.71. The van der Waals surface area contributed by atoms with Crippen LogP contribution < -0.4 is 5.32 Å². The van der Waals surface area contributed by atoms with E-state index < -0.39 is 30.4 Å². The number of aliphatic carboxylic acids is 2. The normalized spacial score (nSPS) is 11.9. The van der Waals surface area contributed by atoms with E-state index in [1.807, 2.05) is 0 Å². The Kier molecular flexibility index (Phi) is 14.3. The molecule has 0 spiro atoms. The third kappa shape index (κ3) is 12.8. The van der Waals surface area contributed by atoms with Gasteiger partial charge in [-0.1, -0.05) is 57.6 Å². The number of carboxylic acid groups (broad SMARTS) is 2. The van der Waals surface area contributed by atoms with Gasteiger partial charge in [-0.25, -0.2) is 9.59 Å². The zero-order valence-electron chi connectivity index (χ0n) is 19.1. The molecule has 0 aliphatic heterocycles. The summed E-state index contributed by atoms with van der Waals surface area (Å²) in [6, 6.07) is 6.46. The molecule has 0 aromatic heterocycles. The molecule has 0 heterocycles. The smallest absolute Gasteiger partial charge is 0.345 e. The van der Waals surface area contributed by atoms with Gasteiger partial charge in [-0.05, 0) is 49.9 Å². The number of carboxylic acids is 2. The highest BCUT2D eigenvalue weighted by Crippen LogP contribution is 2.13. The fourth-order valence-electron chi connectivity index (χ4n) is 3.17. The molecule has 7 heteroatoms. The Morgan fingerprint density at radius 1 is 0.906 bits per heavy atom. The lowest BCUT2D eigenvalue weighted by molar-refractivity contribution is -0.153. The first kappa shape index (κ1) is 27.2. The number of allylic oxidation sites excluding steroid dienone is 2. The molecule has 0 radical (unpaired) electrons. The number of nitrogens with one attached hydrogen (secondary N) is 1. The molecule has 1 atom stereocenters. The van der Waals surface area contributed by atoms with Crippen molar-refractivity contribution >= 4 is 23.6 Å². The van der Waals surface area contributed by atoms with Crippen molar-refractivity contribution in [3.05, 3.63) is 42.0 Å². The zero-order valence-corrected chi connectivity index (χ0v) is 19.1. The van der Waals surface area contributed by atoms with Crippen LogP contribution in [0.15, 0.2) is 36.4 Å². The van der Waals surface area contributed by atoms with E-state index in [-0.39, 0.29) is 5.56 Å². The first-order chi connectivity index (χ1) is 15.4. The van der Waals surface area contributed by atoms with Gasteiger partial charge in [0.05, 0.1) is 12.0 Å². The van der Waals surface area contributed by atoms with Gasteiger partial charge in [-0.15, -0.1) is 0 Å². The average molecular weight is 448 g/mol. The number of benzene rings is 1. The molecule has 0 aliphatic rings. The van der Waals surface area contributed by atoms with Crippen LogP contribution in [0, 0.1) is 0 Å². The fourth-order valence-corrected chi connectivity index (χ4v) is 3.17. The lowest BCUT2D eigenvalue weighted by Crippen LogP contribution is -2.29. The molecular weight excluding hydrogens is 410 g/mol. The molecule has 0 saturated heterocycles. The second-order valence-corrected chi connectivity index (χ2v) is 7.86. The Morgan fingerprint density at radius 2 is 1.50 bits per heavy atom. The molecule has 0 fully saturated rings. The quantitative estimate of drug-likeness (QED) is 0.151. The highest BCUT2D eigenvalue weighted by molar-refractivity contribution is 5.92. The average Bonchev–Trinajstić information content (AvgIpc) is 2.76. The van der Waals surface area contributed by atoms with Gasteiger partial charge in [0, 0.05) is 12.2 Å². The number of anilines is 1. The van der Waals surface area contributed by atoms with E-state index in [9.17, 15) is 14.4 Å². The summed E-state index contributed by atoms with van der Waals surface area (Å²) < 4.78 is 4.78. The minimum absolute atomic E-state index is 0.167. The molecule has 1 aromatic carbocycles. The summed E-state index contributed by atoms with van der Waals surface area (Å²) in [6.45, 7) is 3.04. The molecule has 1 aromatic rings. The van der Waals surface area contributed by atoms with Gasteiger partial charge < -0.3 is 20.3 Å². The van der Waals surface area contributed by atoms with Crippen molar-refractivity contribution in [3.8, 4) is 0 Å². The van der Waals surface area contributed by atoms with Gasteiger partial charge >= 0.3 is 17.9 Å². The molecule has 0 bridgehead atoms. The predicted octanol–water partition coefficient (Wildman–Crippen LogP) is 5.66. The molecule has 0 amide bonds. The van der Waals surface area contributed by atoms with Crippen LogP contribution in [0.2, 0.25) is 0 Å². The summed E-state index contributed by atoms with van der Waals surface area (Å²) in [5.41, 5.74) is 1.01. The Bertz CT molecular complexity index is 714. The van der Waals surface area contributed by atoms with Gasteiger partial charge in [0.15, 0.2) is 0 Å². The Balaban J connectivity index is 2.20. The predicted molar refractivity (Wildman–Crippen MR) is 125 cm³/mol. The third-order valence-electron chi connectivity index (χ3n) is 5.02. The van der Waals surface area contributed by atoms with E-state index in [1.54, 1.807) is 12.1 Å². The molecule has 3 N–H and O–H groups in total. The summed E-state index contributed by atoms with van der Waals surface area (Å²) >= 11 is 0. The minimum Gasteiger partial charge on any atom is -0.481 e. The first-order valence-corrected chi connectivity index (χ1v) is 11.6. The van der Waals surface area contributed by atoms with Crippen LogP contribution in [0.5, 0.6) is 0 Å². The lowest BCUT2D eigenvalue weighted by Gasteiger charge is -2.12.